The first-order valence-electron chi connectivity index (χ1n) is 5.77. The summed E-state index contributed by atoms with van der Waals surface area (Å²) in [6, 6.07) is 3.58. The molecule has 1 aromatic heterocycles. The summed E-state index contributed by atoms with van der Waals surface area (Å²) < 4.78 is 10.4. The number of rotatable bonds is 3. The molecule has 0 aliphatic heterocycles. The van der Waals surface area contributed by atoms with E-state index in [0.29, 0.717) is 5.76 Å². The van der Waals surface area contributed by atoms with Crippen LogP contribution in [-0.2, 0) is 9.53 Å². The Bertz CT molecular complexity index is 345. The van der Waals surface area contributed by atoms with Gasteiger partial charge in [-0.2, -0.15) is 0 Å². The summed E-state index contributed by atoms with van der Waals surface area (Å²) in [5.41, 5.74) is 0. The Kier molecular flexibility index (Phi) is 3.81. The summed E-state index contributed by atoms with van der Waals surface area (Å²) in [6.07, 6.45) is 10.3. The molecule has 16 heavy (non-hydrogen) atoms. The van der Waals surface area contributed by atoms with Gasteiger partial charge in [0.1, 0.15) is 11.9 Å². The first-order chi connectivity index (χ1) is 7.84. The van der Waals surface area contributed by atoms with E-state index in [-0.39, 0.29) is 12.1 Å². The average Bonchev–Trinajstić information content (AvgIpc) is 2.81. The average molecular weight is 220 g/mol. The molecule has 2 rings (SSSR count). The molecule has 0 unspecified atom stereocenters. The molecule has 86 valence electrons. The van der Waals surface area contributed by atoms with Gasteiger partial charge in [-0.15, -0.1) is 0 Å². The Balaban J connectivity index is 1.79. The van der Waals surface area contributed by atoms with Crippen LogP contribution in [0.1, 0.15) is 37.9 Å². The van der Waals surface area contributed by atoms with Crippen molar-refractivity contribution >= 4 is 12.0 Å². The highest BCUT2D eigenvalue weighted by atomic mass is 16.5. The van der Waals surface area contributed by atoms with Gasteiger partial charge in [0.15, 0.2) is 0 Å². The number of carbonyl (C=O) groups excluding carboxylic acids is 1. The zero-order valence-corrected chi connectivity index (χ0v) is 9.22. The summed E-state index contributed by atoms with van der Waals surface area (Å²) in [5, 5.41) is 0. The molecule has 1 aliphatic carbocycles. The number of esters is 1. The van der Waals surface area contributed by atoms with E-state index in [0.717, 1.165) is 12.8 Å². The second-order valence-electron chi connectivity index (χ2n) is 4.05. The lowest BCUT2D eigenvalue weighted by Gasteiger charge is -2.20. The molecule has 0 N–H and O–H groups in total. The highest BCUT2D eigenvalue weighted by Crippen LogP contribution is 2.20. The maximum absolute atomic E-state index is 11.5. The lowest BCUT2D eigenvalue weighted by Crippen LogP contribution is -2.19. The molecule has 1 heterocycles. The number of furan rings is 1. The number of hydrogen-bond acceptors (Lipinski definition) is 3. The highest BCUT2D eigenvalue weighted by molar-refractivity contribution is 5.86. The number of carbonyl (C=O) groups is 1. The van der Waals surface area contributed by atoms with E-state index in [9.17, 15) is 4.79 Å². The minimum absolute atomic E-state index is 0.113. The van der Waals surface area contributed by atoms with E-state index < -0.39 is 0 Å². The predicted molar refractivity (Wildman–Crippen MR) is 60.7 cm³/mol. The fraction of sp³-hybridized carbons (Fsp3) is 0.462. The largest absolute Gasteiger partial charge is 0.465 e. The van der Waals surface area contributed by atoms with Gasteiger partial charge in [0.2, 0.25) is 0 Å². The van der Waals surface area contributed by atoms with E-state index in [2.05, 4.69) is 0 Å². The van der Waals surface area contributed by atoms with Gasteiger partial charge in [-0.05, 0) is 43.9 Å². The molecule has 0 atom stereocenters. The predicted octanol–water partition coefficient (Wildman–Crippen LogP) is 3.17. The van der Waals surface area contributed by atoms with Crippen molar-refractivity contribution in [2.24, 2.45) is 0 Å². The fourth-order valence-corrected chi connectivity index (χ4v) is 1.92. The van der Waals surface area contributed by atoms with Crippen LogP contribution in [0, 0.1) is 0 Å². The summed E-state index contributed by atoms with van der Waals surface area (Å²) in [7, 11) is 0. The van der Waals surface area contributed by atoms with Crippen LogP contribution in [0.5, 0.6) is 0 Å². The molecule has 0 radical (unpaired) electrons. The molecule has 0 saturated heterocycles. The van der Waals surface area contributed by atoms with Crippen LogP contribution < -0.4 is 0 Å². The number of hydrogen-bond donors (Lipinski definition) is 0. The normalized spacial score (nSPS) is 17.8. The molecule has 3 heteroatoms. The highest BCUT2D eigenvalue weighted by Gasteiger charge is 2.16. The van der Waals surface area contributed by atoms with Crippen molar-refractivity contribution in [2.75, 3.05) is 0 Å². The third-order valence-corrected chi connectivity index (χ3v) is 2.76. The van der Waals surface area contributed by atoms with Crippen LogP contribution in [0.25, 0.3) is 6.08 Å². The quantitative estimate of drug-likeness (QED) is 0.580. The zero-order valence-electron chi connectivity index (χ0n) is 9.22. The third kappa shape index (κ3) is 3.26. The van der Waals surface area contributed by atoms with E-state index in [1.54, 1.807) is 24.5 Å². The van der Waals surface area contributed by atoms with Crippen LogP contribution in [0.4, 0.5) is 0 Å². The minimum Gasteiger partial charge on any atom is -0.465 e. The second-order valence-corrected chi connectivity index (χ2v) is 4.05. The van der Waals surface area contributed by atoms with E-state index in [1.165, 1.54) is 25.3 Å². The molecule has 1 aliphatic rings. The minimum atomic E-state index is -0.275. The fourth-order valence-electron chi connectivity index (χ4n) is 1.92. The molecule has 0 aromatic carbocycles. The zero-order chi connectivity index (χ0) is 11.2. The van der Waals surface area contributed by atoms with Crippen LogP contribution in [0.2, 0.25) is 0 Å². The Morgan fingerprint density at radius 3 is 2.88 bits per heavy atom. The van der Waals surface area contributed by atoms with Crippen LogP contribution in [0.15, 0.2) is 28.9 Å². The van der Waals surface area contributed by atoms with Crippen molar-refractivity contribution in [1.82, 2.24) is 0 Å². The van der Waals surface area contributed by atoms with Gasteiger partial charge in [0.25, 0.3) is 0 Å². The molecular weight excluding hydrogens is 204 g/mol. The Labute approximate surface area is 95.1 Å². The monoisotopic (exact) mass is 220 g/mol. The molecule has 1 fully saturated rings. The summed E-state index contributed by atoms with van der Waals surface area (Å²) in [4.78, 5) is 11.5. The molecular formula is C13H16O3. The van der Waals surface area contributed by atoms with Gasteiger partial charge in [-0.25, -0.2) is 4.79 Å². The van der Waals surface area contributed by atoms with Crippen molar-refractivity contribution in [3.8, 4) is 0 Å². The van der Waals surface area contributed by atoms with Gasteiger partial charge >= 0.3 is 5.97 Å². The lowest BCUT2D eigenvalue weighted by atomic mass is 9.98. The molecule has 1 saturated carbocycles. The maximum atomic E-state index is 11.5. The molecule has 0 amide bonds. The van der Waals surface area contributed by atoms with Crippen LogP contribution >= 0.6 is 0 Å². The Hall–Kier alpha value is -1.51. The summed E-state index contributed by atoms with van der Waals surface area (Å²) >= 11 is 0. The van der Waals surface area contributed by atoms with E-state index in [1.807, 2.05) is 0 Å². The van der Waals surface area contributed by atoms with Crippen molar-refractivity contribution in [3.05, 3.63) is 30.2 Å². The molecule has 0 spiro atoms. The molecule has 3 nitrogen and oxygen atoms in total. The maximum Gasteiger partial charge on any atom is 0.331 e. The van der Waals surface area contributed by atoms with Gasteiger partial charge in [0.05, 0.1) is 6.26 Å². The number of ether oxygens (including phenoxy) is 1. The van der Waals surface area contributed by atoms with E-state index >= 15 is 0 Å². The topological polar surface area (TPSA) is 39.4 Å². The van der Waals surface area contributed by atoms with Gasteiger partial charge < -0.3 is 9.15 Å². The van der Waals surface area contributed by atoms with Gasteiger partial charge in [-0.3, -0.25) is 0 Å². The van der Waals surface area contributed by atoms with Crippen molar-refractivity contribution < 1.29 is 13.9 Å². The van der Waals surface area contributed by atoms with E-state index in [4.69, 9.17) is 9.15 Å². The standard InChI is InChI=1S/C13H16O3/c14-13(9-8-11-7-4-10-15-11)16-12-5-2-1-3-6-12/h4,7-10,12H,1-3,5-6H2/b9-8+. The van der Waals surface area contributed by atoms with Gasteiger partial charge in [-0.1, -0.05) is 6.42 Å². The van der Waals surface area contributed by atoms with Gasteiger partial charge in [0, 0.05) is 6.08 Å². The summed E-state index contributed by atoms with van der Waals surface area (Å²) in [6.45, 7) is 0. The smallest absolute Gasteiger partial charge is 0.331 e. The molecule has 1 aromatic rings. The Morgan fingerprint density at radius 2 is 2.19 bits per heavy atom. The van der Waals surface area contributed by atoms with Crippen LogP contribution in [0.3, 0.4) is 0 Å². The first kappa shape index (κ1) is 11.0. The summed E-state index contributed by atoms with van der Waals surface area (Å²) in [5.74, 6) is 0.392. The molecule has 0 bridgehead atoms. The van der Waals surface area contributed by atoms with Crippen molar-refractivity contribution in [1.29, 1.82) is 0 Å². The van der Waals surface area contributed by atoms with Crippen LogP contribution in [-0.4, -0.2) is 12.1 Å². The van der Waals surface area contributed by atoms with Crippen molar-refractivity contribution in [2.45, 2.75) is 38.2 Å². The lowest BCUT2D eigenvalue weighted by molar-refractivity contribution is -0.144. The first-order valence-corrected chi connectivity index (χ1v) is 5.77. The second kappa shape index (κ2) is 5.54. The van der Waals surface area contributed by atoms with Crippen molar-refractivity contribution in [3.63, 3.8) is 0 Å². The SMILES string of the molecule is O=C(/C=C/c1ccco1)OC1CCCCC1. The third-order valence-electron chi connectivity index (χ3n) is 2.76. The Morgan fingerprint density at radius 1 is 1.38 bits per heavy atom.